The lowest BCUT2D eigenvalue weighted by Gasteiger charge is -2.29. The van der Waals surface area contributed by atoms with E-state index < -0.39 is 0 Å². The predicted molar refractivity (Wildman–Crippen MR) is 63.6 cm³/mol. The second kappa shape index (κ2) is 6.26. The number of ketones is 1. The van der Waals surface area contributed by atoms with E-state index in [9.17, 15) is 4.79 Å². The summed E-state index contributed by atoms with van der Waals surface area (Å²) in [5.74, 6) is 1.66. The van der Waals surface area contributed by atoms with Crippen molar-refractivity contribution in [3.8, 4) is 0 Å². The first kappa shape index (κ1) is 12.7. The van der Waals surface area contributed by atoms with Gasteiger partial charge in [0.1, 0.15) is 5.78 Å². The van der Waals surface area contributed by atoms with Crippen LogP contribution in [0.1, 0.15) is 52.4 Å². The highest BCUT2D eigenvalue weighted by atomic mass is 16.1. The quantitative estimate of drug-likeness (QED) is 0.760. The molecule has 0 amide bonds. The molecule has 1 saturated carbocycles. The Bertz CT molecular complexity index is 199. The average molecular weight is 211 g/mol. The molecule has 1 fully saturated rings. The van der Waals surface area contributed by atoms with Gasteiger partial charge in [-0.05, 0) is 25.2 Å². The second-order valence-electron chi connectivity index (χ2n) is 4.88. The Morgan fingerprint density at radius 2 is 2.13 bits per heavy atom. The summed E-state index contributed by atoms with van der Waals surface area (Å²) in [6.45, 7) is 4.83. The lowest BCUT2D eigenvalue weighted by molar-refractivity contribution is -0.128. The monoisotopic (exact) mass is 211 g/mol. The lowest BCUT2D eigenvalue weighted by atomic mass is 9.75. The molecule has 0 radical (unpaired) electrons. The van der Waals surface area contributed by atoms with Crippen LogP contribution in [0.15, 0.2) is 0 Å². The van der Waals surface area contributed by atoms with E-state index >= 15 is 0 Å². The molecule has 2 nitrogen and oxygen atoms in total. The number of Topliss-reactive ketones (excluding diaryl/α,β-unsaturated/α-hetero) is 1. The molecule has 1 aliphatic carbocycles. The van der Waals surface area contributed by atoms with Crippen molar-refractivity contribution >= 4 is 5.78 Å². The van der Waals surface area contributed by atoms with Gasteiger partial charge in [-0.3, -0.25) is 4.79 Å². The van der Waals surface area contributed by atoms with Gasteiger partial charge in [0.2, 0.25) is 0 Å². The first-order chi connectivity index (χ1) is 7.22. The highest BCUT2D eigenvalue weighted by Crippen LogP contribution is 2.33. The maximum absolute atomic E-state index is 12.1. The van der Waals surface area contributed by atoms with Crippen LogP contribution in [0.2, 0.25) is 0 Å². The van der Waals surface area contributed by atoms with Crippen molar-refractivity contribution in [1.82, 2.24) is 0 Å². The molecule has 0 aromatic carbocycles. The number of hydrogen-bond acceptors (Lipinski definition) is 2. The van der Waals surface area contributed by atoms with Crippen molar-refractivity contribution in [2.45, 2.75) is 52.4 Å². The number of rotatable bonds is 5. The van der Waals surface area contributed by atoms with Crippen LogP contribution in [-0.4, -0.2) is 12.3 Å². The highest BCUT2D eigenvalue weighted by molar-refractivity contribution is 5.83. The Morgan fingerprint density at radius 1 is 1.40 bits per heavy atom. The normalized spacial score (nSPS) is 28.7. The van der Waals surface area contributed by atoms with E-state index in [4.69, 9.17) is 5.73 Å². The van der Waals surface area contributed by atoms with Gasteiger partial charge in [0.05, 0.1) is 0 Å². The van der Waals surface area contributed by atoms with Gasteiger partial charge in [0.25, 0.3) is 0 Å². The van der Waals surface area contributed by atoms with Crippen molar-refractivity contribution in [2.24, 2.45) is 23.5 Å². The SMILES string of the molecule is CCC1CCCC(C(=O)C(CC)CN)C1. The lowest BCUT2D eigenvalue weighted by Crippen LogP contribution is -2.32. The van der Waals surface area contributed by atoms with E-state index in [1.165, 1.54) is 19.3 Å². The second-order valence-corrected chi connectivity index (χ2v) is 4.88. The molecule has 1 rings (SSSR count). The minimum Gasteiger partial charge on any atom is -0.330 e. The third kappa shape index (κ3) is 3.30. The van der Waals surface area contributed by atoms with E-state index in [0.717, 1.165) is 25.2 Å². The molecule has 2 N–H and O–H groups in total. The van der Waals surface area contributed by atoms with E-state index in [0.29, 0.717) is 18.2 Å². The minimum absolute atomic E-state index is 0.116. The van der Waals surface area contributed by atoms with Crippen LogP contribution in [0.25, 0.3) is 0 Å². The van der Waals surface area contributed by atoms with Crippen LogP contribution >= 0.6 is 0 Å². The number of hydrogen-bond donors (Lipinski definition) is 1. The molecule has 2 heteroatoms. The molecule has 3 unspecified atom stereocenters. The molecule has 3 atom stereocenters. The number of nitrogens with two attached hydrogens (primary N) is 1. The van der Waals surface area contributed by atoms with Crippen LogP contribution in [0, 0.1) is 17.8 Å². The third-order valence-corrected chi connectivity index (χ3v) is 3.94. The fourth-order valence-corrected chi connectivity index (χ4v) is 2.74. The van der Waals surface area contributed by atoms with Crippen molar-refractivity contribution in [3.63, 3.8) is 0 Å². The molecule has 0 heterocycles. The Morgan fingerprint density at radius 3 is 2.67 bits per heavy atom. The Kier molecular flexibility index (Phi) is 5.30. The van der Waals surface area contributed by atoms with Crippen LogP contribution in [0.3, 0.4) is 0 Å². The Hall–Kier alpha value is -0.370. The molecule has 0 aromatic heterocycles. The van der Waals surface area contributed by atoms with Gasteiger partial charge >= 0.3 is 0 Å². The van der Waals surface area contributed by atoms with Gasteiger partial charge in [-0.2, -0.15) is 0 Å². The molecule has 0 spiro atoms. The molecule has 0 bridgehead atoms. The smallest absolute Gasteiger partial charge is 0.140 e. The van der Waals surface area contributed by atoms with E-state index in [-0.39, 0.29) is 5.92 Å². The van der Waals surface area contributed by atoms with E-state index in [2.05, 4.69) is 13.8 Å². The van der Waals surface area contributed by atoms with E-state index in [1.54, 1.807) is 0 Å². The first-order valence-electron chi connectivity index (χ1n) is 6.46. The average Bonchev–Trinajstić information content (AvgIpc) is 2.30. The fraction of sp³-hybridized carbons (Fsp3) is 0.923. The number of carbonyl (C=O) groups is 1. The Balaban J connectivity index is 2.51. The molecular formula is C13H25NO. The van der Waals surface area contributed by atoms with Gasteiger partial charge in [-0.25, -0.2) is 0 Å². The molecule has 0 saturated heterocycles. The molecule has 15 heavy (non-hydrogen) atoms. The van der Waals surface area contributed by atoms with Crippen molar-refractivity contribution in [2.75, 3.05) is 6.54 Å². The summed E-state index contributed by atoms with van der Waals surface area (Å²) >= 11 is 0. The summed E-state index contributed by atoms with van der Waals surface area (Å²) in [5, 5.41) is 0. The van der Waals surface area contributed by atoms with Crippen LogP contribution < -0.4 is 5.73 Å². The largest absolute Gasteiger partial charge is 0.330 e. The predicted octanol–water partition coefficient (Wildman–Crippen LogP) is 2.76. The van der Waals surface area contributed by atoms with Gasteiger partial charge in [-0.15, -0.1) is 0 Å². The number of carbonyl (C=O) groups excluding carboxylic acids is 1. The topological polar surface area (TPSA) is 43.1 Å². The first-order valence-corrected chi connectivity index (χ1v) is 6.46. The van der Waals surface area contributed by atoms with Crippen LogP contribution in [0.5, 0.6) is 0 Å². The van der Waals surface area contributed by atoms with Crippen LogP contribution in [-0.2, 0) is 4.79 Å². The molecule has 1 aliphatic rings. The maximum atomic E-state index is 12.1. The van der Waals surface area contributed by atoms with Crippen molar-refractivity contribution in [1.29, 1.82) is 0 Å². The summed E-state index contributed by atoms with van der Waals surface area (Å²) in [6.07, 6.45) is 6.90. The van der Waals surface area contributed by atoms with Gasteiger partial charge in [0.15, 0.2) is 0 Å². The summed E-state index contributed by atoms with van der Waals surface area (Å²) in [6, 6.07) is 0. The summed E-state index contributed by atoms with van der Waals surface area (Å²) in [5.41, 5.74) is 5.64. The zero-order valence-electron chi connectivity index (χ0n) is 10.2. The van der Waals surface area contributed by atoms with Gasteiger partial charge in [-0.1, -0.05) is 33.1 Å². The maximum Gasteiger partial charge on any atom is 0.140 e. The minimum atomic E-state index is 0.116. The van der Waals surface area contributed by atoms with Gasteiger partial charge < -0.3 is 5.73 Å². The van der Waals surface area contributed by atoms with Crippen LogP contribution in [0.4, 0.5) is 0 Å². The molecular weight excluding hydrogens is 186 g/mol. The third-order valence-electron chi connectivity index (χ3n) is 3.94. The fourth-order valence-electron chi connectivity index (χ4n) is 2.74. The highest BCUT2D eigenvalue weighted by Gasteiger charge is 2.29. The zero-order valence-corrected chi connectivity index (χ0v) is 10.2. The van der Waals surface area contributed by atoms with Crippen molar-refractivity contribution in [3.05, 3.63) is 0 Å². The molecule has 0 aliphatic heterocycles. The van der Waals surface area contributed by atoms with E-state index in [1.807, 2.05) is 0 Å². The molecule has 0 aromatic rings. The van der Waals surface area contributed by atoms with Crippen molar-refractivity contribution < 1.29 is 4.79 Å². The van der Waals surface area contributed by atoms with Gasteiger partial charge in [0, 0.05) is 18.4 Å². The summed E-state index contributed by atoms with van der Waals surface area (Å²) in [7, 11) is 0. The standard InChI is InChI=1S/C13H25NO/c1-3-10-6-5-7-12(8-10)13(15)11(4-2)9-14/h10-12H,3-9,14H2,1-2H3. The summed E-state index contributed by atoms with van der Waals surface area (Å²) < 4.78 is 0. The zero-order chi connectivity index (χ0) is 11.3. The summed E-state index contributed by atoms with van der Waals surface area (Å²) in [4.78, 5) is 12.1. The molecule has 88 valence electrons. The Labute approximate surface area is 93.6 Å².